The molecule has 0 bridgehead atoms. The summed E-state index contributed by atoms with van der Waals surface area (Å²) >= 11 is 6.61. The Kier molecular flexibility index (Phi) is 6.17. The van der Waals surface area contributed by atoms with Gasteiger partial charge in [0.25, 0.3) is 0 Å². The Morgan fingerprint density at radius 1 is 1.00 bits per heavy atom. The van der Waals surface area contributed by atoms with E-state index >= 15 is 0 Å². The van der Waals surface area contributed by atoms with E-state index in [1.54, 1.807) is 7.11 Å². The van der Waals surface area contributed by atoms with Crippen molar-refractivity contribution in [3.05, 3.63) is 41.4 Å². The lowest BCUT2D eigenvalue weighted by atomic mass is 10.1. The van der Waals surface area contributed by atoms with Crippen LogP contribution in [-0.4, -0.2) is 43.2 Å². The number of methoxy groups -OCH3 is 1. The molecule has 0 amide bonds. The summed E-state index contributed by atoms with van der Waals surface area (Å²) in [5.41, 5.74) is 1.69. The van der Waals surface area contributed by atoms with Gasteiger partial charge in [0, 0.05) is 23.4 Å². The van der Waals surface area contributed by atoms with Crippen LogP contribution in [0.4, 0.5) is 0 Å². The van der Waals surface area contributed by atoms with Gasteiger partial charge in [-0.2, -0.15) is 0 Å². The van der Waals surface area contributed by atoms with E-state index in [9.17, 15) is 0 Å². The first-order valence-electron chi connectivity index (χ1n) is 9.09. The van der Waals surface area contributed by atoms with Gasteiger partial charge in [0.05, 0.1) is 29.8 Å². The zero-order valence-electron chi connectivity index (χ0n) is 15.6. The minimum absolute atomic E-state index is 0.639. The topological polar surface area (TPSA) is 34.6 Å². The van der Waals surface area contributed by atoms with Gasteiger partial charge in [-0.05, 0) is 31.6 Å². The molecule has 0 saturated heterocycles. The van der Waals surface area contributed by atoms with Crippen LogP contribution in [0.15, 0.2) is 36.4 Å². The number of halogens is 1. The lowest BCUT2D eigenvalue weighted by Crippen LogP contribution is -2.25. The van der Waals surface area contributed by atoms with Crippen molar-refractivity contribution in [1.82, 2.24) is 9.88 Å². The van der Waals surface area contributed by atoms with Crippen molar-refractivity contribution in [2.75, 3.05) is 33.4 Å². The van der Waals surface area contributed by atoms with E-state index in [2.05, 4.69) is 18.7 Å². The fourth-order valence-corrected chi connectivity index (χ4v) is 3.44. The lowest BCUT2D eigenvalue weighted by Gasteiger charge is -2.18. The van der Waals surface area contributed by atoms with Crippen LogP contribution in [0, 0.1) is 0 Å². The summed E-state index contributed by atoms with van der Waals surface area (Å²) in [4.78, 5) is 7.11. The molecule has 3 rings (SSSR count). The summed E-state index contributed by atoms with van der Waals surface area (Å²) in [6.45, 7) is 8.14. The van der Waals surface area contributed by atoms with Crippen molar-refractivity contribution >= 4 is 33.4 Å². The maximum absolute atomic E-state index is 6.61. The van der Waals surface area contributed by atoms with E-state index < -0.39 is 0 Å². The third-order valence-electron chi connectivity index (χ3n) is 4.67. The van der Waals surface area contributed by atoms with Gasteiger partial charge in [0.1, 0.15) is 0 Å². The number of hydrogen-bond donors (Lipinski definition) is 0. The molecule has 26 heavy (non-hydrogen) atoms. The van der Waals surface area contributed by atoms with E-state index in [1.165, 1.54) is 0 Å². The van der Waals surface area contributed by atoms with Crippen LogP contribution >= 0.6 is 11.6 Å². The Hall–Kier alpha value is -2.04. The van der Waals surface area contributed by atoms with Crippen LogP contribution in [0.1, 0.15) is 20.3 Å². The van der Waals surface area contributed by atoms with Gasteiger partial charge in [-0.15, -0.1) is 0 Å². The molecule has 0 atom stereocenters. The molecule has 4 nitrogen and oxygen atoms in total. The second-order valence-corrected chi connectivity index (χ2v) is 6.57. The van der Waals surface area contributed by atoms with Gasteiger partial charge in [-0.25, -0.2) is 4.98 Å². The van der Waals surface area contributed by atoms with E-state index in [0.717, 1.165) is 47.9 Å². The summed E-state index contributed by atoms with van der Waals surface area (Å²) in [6, 6.07) is 11.7. The molecule has 0 aliphatic carbocycles. The number of ether oxygens (including phenoxy) is 2. The van der Waals surface area contributed by atoms with Crippen molar-refractivity contribution < 1.29 is 9.47 Å². The van der Waals surface area contributed by atoms with E-state index in [1.807, 2.05) is 36.4 Å². The minimum atomic E-state index is 0.639. The molecular weight excluding hydrogens is 348 g/mol. The van der Waals surface area contributed by atoms with Crippen molar-refractivity contribution in [2.24, 2.45) is 0 Å². The summed E-state index contributed by atoms with van der Waals surface area (Å²) in [6.07, 6.45) is 0.967. The highest BCUT2D eigenvalue weighted by molar-refractivity contribution is 6.40. The van der Waals surface area contributed by atoms with E-state index in [4.69, 9.17) is 26.1 Å². The Labute approximate surface area is 159 Å². The molecule has 1 heterocycles. The predicted molar refractivity (Wildman–Crippen MR) is 109 cm³/mol. The largest absolute Gasteiger partial charge is 0.493 e. The quantitative estimate of drug-likeness (QED) is 0.404. The molecule has 5 heteroatoms. The summed E-state index contributed by atoms with van der Waals surface area (Å²) in [7, 11) is 1.65. The van der Waals surface area contributed by atoms with Gasteiger partial charge in [-0.3, -0.25) is 0 Å². The Balaban J connectivity index is 1.87. The predicted octanol–water partition coefficient (Wildman–Crippen LogP) is 5.16. The van der Waals surface area contributed by atoms with Crippen molar-refractivity contribution in [3.8, 4) is 11.5 Å². The molecule has 0 fully saturated rings. The molecule has 0 N–H and O–H groups in total. The first-order chi connectivity index (χ1) is 12.7. The normalized spacial score (nSPS) is 11.4. The van der Waals surface area contributed by atoms with Crippen molar-refractivity contribution in [2.45, 2.75) is 20.3 Å². The average Bonchev–Trinajstić information content (AvgIpc) is 2.68. The third-order valence-corrected chi connectivity index (χ3v) is 5.08. The molecule has 0 aliphatic heterocycles. The lowest BCUT2D eigenvalue weighted by molar-refractivity contribution is 0.243. The number of hydrogen-bond acceptors (Lipinski definition) is 4. The van der Waals surface area contributed by atoms with Crippen LogP contribution in [0.25, 0.3) is 21.8 Å². The minimum Gasteiger partial charge on any atom is -0.493 e. The average molecular weight is 373 g/mol. The Morgan fingerprint density at radius 2 is 1.77 bits per heavy atom. The summed E-state index contributed by atoms with van der Waals surface area (Å²) in [5.74, 6) is 1.39. The highest BCUT2D eigenvalue weighted by atomic mass is 35.5. The number of para-hydroxylation sites is 1. The van der Waals surface area contributed by atoms with Crippen molar-refractivity contribution in [1.29, 1.82) is 0 Å². The number of fused-ring (bicyclic) bond motifs is 2. The monoisotopic (exact) mass is 372 g/mol. The molecule has 138 valence electrons. The Bertz CT molecular complexity index is 894. The zero-order valence-corrected chi connectivity index (χ0v) is 16.3. The van der Waals surface area contributed by atoms with Gasteiger partial charge >= 0.3 is 0 Å². The number of aromatic nitrogens is 1. The second-order valence-electron chi connectivity index (χ2n) is 6.19. The zero-order chi connectivity index (χ0) is 18.5. The fourth-order valence-electron chi connectivity index (χ4n) is 3.13. The van der Waals surface area contributed by atoms with Crippen molar-refractivity contribution in [3.63, 3.8) is 0 Å². The van der Waals surface area contributed by atoms with Gasteiger partial charge in [0.15, 0.2) is 11.5 Å². The third kappa shape index (κ3) is 3.87. The second kappa shape index (κ2) is 8.56. The highest BCUT2D eigenvalue weighted by Gasteiger charge is 2.13. The van der Waals surface area contributed by atoms with Crippen LogP contribution in [0.5, 0.6) is 11.5 Å². The maximum atomic E-state index is 6.61. The van der Waals surface area contributed by atoms with Gasteiger partial charge in [-0.1, -0.05) is 43.6 Å². The standard InChI is InChI=1S/C21H25ClN2O2/c1-4-24(5-2)11-8-12-26-20-14-18-16(13-19(20)25-3)21(22)15-9-6-7-10-17(15)23-18/h6-7,9-10,13-14H,4-5,8,11-12H2,1-3H3. The molecule has 0 unspecified atom stereocenters. The summed E-state index contributed by atoms with van der Waals surface area (Å²) in [5, 5.41) is 2.51. The summed E-state index contributed by atoms with van der Waals surface area (Å²) < 4.78 is 11.5. The number of benzene rings is 2. The number of pyridine rings is 1. The molecule has 0 spiro atoms. The molecule has 2 aromatic carbocycles. The van der Waals surface area contributed by atoms with Crippen LogP contribution < -0.4 is 9.47 Å². The first-order valence-corrected chi connectivity index (χ1v) is 9.46. The number of nitrogens with zero attached hydrogens (tertiary/aromatic N) is 2. The first kappa shape index (κ1) is 18.7. The molecule has 3 aromatic rings. The van der Waals surface area contributed by atoms with Gasteiger partial charge < -0.3 is 14.4 Å². The number of rotatable bonds is 8. The Morgan fingerprint density at radius 3 is 2.50 bits per heavy atom. The van der Waals surface area contributed by atoms with Gasteiger partial charge in [0.2, 0.25) is 0 Å². The molecule has 0 radical (unpaired) electrons. The van der Waals surface area contributed by atoms with Crippen LogP contribution in [0.3, 0.4) is 0 Å². The molecule has 1 aromatic heterocycles. The van der Waals surface area contributed by atoms with E-state index in [-0.39, 0.29) is 0 Å². The smallest absolute Gasteiger partial charge is 0.163 e. The van der Waals surface area contributed by atoms with E-state index in [0.29, 0.717) is 23.1 Å². The SMILES string of the molecule is CCN(CC)CCCOc1cc2nc3ccccc3c(Cl)c2cc1OC. The molecule has 0 aliphatic rings. The van der Waals surface area contributed by atoms with Crippen LogP contribution in [0.2, 0.25) is 5.02 Å². The van der Waals surface area contributed by atoms with Crippen LogP contribution in [-0.2, 0) is 0 Å². The fraction of sp³-hybridized carbons (Fsp3) is 0.381. The molecular formula is C21H25ClN2O2. The maximum Gasteiger partial charge on any atom is 0.163 e. The highest BCUT2D eigenvalue weighted by Crippen LogP contribution is 2.37. The molecule has 0 saturated carbocycles.